The van der Waals surface area contributed by atoms with Gasteiger partial charge in [-0.1, -0.05) is 41.9 Å². The predicted molar refractivity (Wildman–Crippen MR) is 101 cm³/mol. The fourth-order valence-electron chi connectivity index (χ4n) is 4.70. The zero-order chi connectivity index (χ0) is 19.1. The van der Waals surface area contributed by atoms with Crippen LogP contribution < -0.4 is 0 Å². The number of nitrogens with zero attached hydrogens (tertiary/aromatic N) is 5. The number of carbonyl (C=O) groups excluding carboxylic acids is 1. The Labute approximate surface area is 162 Å². The average molecular weight is 375 g/mol. The average Bonchev–Trinajstić information content (AvgIpc) is 3.42. The van der Waals surface area contributed by atoms with E-state index in [4.69, 9.17) is 9.51 Å². The van der Waals surface area contributed by atoms with Gasteiger partial charge < -0.3 is 9.42 Å². The minimum Gasteiger partial charge on any atom is -0.338 e. The zero-order valence-electron chi connectivity index (χ0n) is 15.7. The Balaban J connectivity index is 1.44. The van der Waals surface area contributed by atoms with Crippen LogP contribution in [0.25, 0.3) is 11.4 Å². The molecule has 1 aliphatic heterocycles. The number of hydrogen-bond acceptors (Lipinski definition) is 6. The van der Waals surface area contributed by atoms with Gasteiger partial charge in [-0.3, -0.25) is 4.79 Å². The van der Waals surface area contributed by atoms with Gasteiger partial charge in [-0.25, -0.2) is 0 Å². The lowest BCUT2D eigenvalue weighted by atomic mass is 9.80. The first-order valence-electron chi connectivity index (χ1n) is 9.64. The summed E-state index contributed by atoms with van der Waals surface area (Å²) in [6.07, 6.45) is 4.69. The van der Waals surface area contributed by atoms with Gasteiger partial charge >= 0.3 is 0 Å². The molecular weight excluding hydrogens is 354 g/mol. The van der Waals surface area contributed by atoms with E-state index in [1.165, 1.54) is 6.20 Å². The van der Waals surface area contributed by atoms with Gasteiger partial charge in [-0.2, -0.15) is 15.2 Å². The lowest BCUT2D eigenvalue weighted by molar-refractivity contribution is 0.0774. The number of rotatable bonds is 3. The molecule has 1 aliphatic carbocycles. The quantitative estimate of drug-likeness (QED) is 0.699. The Kier molecular flexibility index (Phi) is 3.96. The molecule has 2 fully saturated rings. The highest BCUT2D eigenvalue weighted by Gasteiger charge is 2.55. The molecule has 1 saturated carbocycles. The molecule has 142 valence electrons. The van der Waals surface area contributed by atoms with Crippen molar-refractivity contribution in [3.8, 4) is 11.4 Å². The molecule has 28 heavy (non-hydrogen) atoms. The highest BCUT2D eigenvalue weighted by molar-refractivity contribution is 5.94. The summed E-state index contributed by atoms with van der Waals surface area (Å²) >= 11 is 0. The van der Waals surface area contributed by atoms with Crippen LogP contribution in [0.15, 0.2) is 47.1 Å². The zero-order valence-corrected chi connectivity index (χ0v) is 15.7. The van der Waals surface area contributed by atoms with Crippen LogP contribution >= 0.6 is 0 Å². The van der Waals surface area contributed by atoms with E-state index in [2.05, 4.69) is 15.4 Å². The maximum Gasteiger partial charge on any atom is 0.255 e. The summed E-state index contributed by atoms with van der Waals surface area (Å²) in [4.78, 5) is 19.7. The Bertz CT molecular complexity index is 1020. The SMILES string of the molecule is Cc1cc(C(=O)N2C[C@H]3CCC[C@@]3(c3nc(-c4ccccc4)no3)C2)cnn1. The highest BCUT2D eigenvalue weighted by Crippen LogP contribution is 2.50. The lowest BCUT2D eigenvalue weighted by Gasteiger charge is -2.24. The Morgan fingerprint density at radius 1 is 1.29 bits per heavy atom. The van der Waals surface area contributed by atoms with Crippen LogP contribution in [0.4, 0.5) is 0 Å². The number of aryl methyl sites for hydroxylation is 1. The van der Waals surface area contributed by atoms with Gasteiger partial charge in [0, 0.05) is 18.7 Å². The van der Waals surface area contributed by atoms with Gasteiger partial charge in [0.05, 0.1) is 22.9 Å². The van der Waals surface area contributed by atoms with Gasteiger partial charge in [0.1, 0.15) is 0 Å². The Morgan fingerprint density at radius 3 is 2.96 bits per heavy atom. The van der Waals surface area contributed by atoms with Gasteiger partial charge in [0.25, 0.3) is 5.91 Å². The number of fused-ring (bicyclic) bond motifs is 1. The maximum absolute atomic E-state index is 13.0. The summed E-state index contributed by atoms with van der Waals surface area (Å²) < 4.78 is 5.74. The van der Waals surface area contributed by atoms with Crippen LogP contribution in [0.1, 0.15) is 41.2 Å². The second-order valence-electron chi connectivity index (χ2n) is 7.81. The number of likely N-dealkylation sites (tertiary alicyclic amines) is 1. The monoisotopic (exact) mass is 375 g/mol. The van der Waals surface area contributed by atoms with Crippen molar-refractivity contribution in [2.24, 2.45) is 5.92 Å². The van der Waals surface area contributed by atoms with E-state index in [1.54, 1.807) is 6.07 Å². The van der Waals surface area contributed by atoms with Crippen molar-refractivity contribution in [2.75, 3.05) is 13.1 Å². The van der Waals surface area contributed by atoms with Crippen molar-refractivity contribution in [3.05, 3.63) is 59.7 Å². The molecule has 3 aromatic rings. The van der Waals surface area contributed by atoms with Crippen LogP contribution in [0.3, 0.4) is 0 Å². The van der Waals surface area contributed by atoms with Crippen LogP contribution in [0.2, 0.25) is 0 Å². The standard InChI is InChI=1S/C21H21N5O2/c1-14-10-16(11-22-24-14)19(27)26-12-17-8-5-9-21(17,13-26)20-23-18(25-28-20)15-6-3-2-4-7-15/h2-4,6-7,10-11,17H,5,8-9,12-13H2,1H3/t17-,21-/m1/s1. The molecule has 7 nitrogen and oxygen atoms in total. The first-order chi connectivity index (χ1) is 13.7. The fourth-order valence-corrected chi connectivity index (χ4v) is 4.70. The molecule has 5 rings (SSSR count). The molecule has 0 radical (unpaired) electrons. The number of benzene rings is 1. The molecule has 0 unspecified atom stereocenters. The van der Waals surface area contributed by atoms with E-state index in [0.29, 0.717) is 36.3 Å². The topological polar surface area (TPSA) is 85.0 Å². The largest absolute Gasteiger partial charge is 0.338 e. The van der Waals surface area contributed by atoms with E-state index >= 15 is 0 Å². The minimum absolute atomic E-state index is 0.00502. The number of aromatic nitrogens is 4. The van der Waals surface area contributed by atoms with Crippen LogP contribution in [-0.4, -0.2) is 44.2 Å². The lowest BCUT2D eigenvalue weighted by Crippen LogP contribution is -2.35. The third kappa shape index (κ3) is 2.69. The van der Waals surface area contributed by atoms with Crippen molar-refractivity contribution < 1.29 is 9.32 Å². The predicted octanol–water partition coefficient (Wildman–Crippen LogP) is 3.03. The van der Waals surface area contributed by atoms with E-state index < -0.39 is 0 Å². The van der Waals surface area contributed by atoms with Gasteiger partial charge in [-0.15, -0.1) is 0 Å². The summed E-state index contributed by atoms with van der Waals surface area (Å²) in [5.41, 5.74) is 2.01. The third-order valence-electron chi connectivity index (χ3n) is 6.07. The molecule has 1 saturated heterocycles. The molecule has 1 amide bonds. The Morgan fingerprint density at radius 2 is 2.14 bits per heavy atom. The number of carbonyl (C=O) groups is 1. The van der Waals surface area contributed by atoms with Crippen molar-refractivity contribution in [3.63, 3.8) is 0 Å². The second kappa shape index (κ2) is 6.51. The van der Waals surface area contributed by atoms with Crippen molar-refractivity contribution in [1.82, 2.24) is 25.2 Å². The smallest absolute Gasteiger partial charge is 0.255 e. The molecule has 0 bridgehead atoms. The summed E-state index contributed by atoms with van der Waals surface area (Å²) in [6.45, 7) is 3.16. The summed E-state index contributed by atoms with van der Waals surface area (Å²) in [5, 5.41) is 12.1. The fraction of sp³-hybridized carbons (Fsp3) is 0.381. The van der Waals surface area contributed by atoms with Crippen molar-refractivity contribution in [1.29, 1.82) is 0 Å². The van der Waals surface area contributed by atoms with E-state index in [9.17, 15) is 4.79 Å². The summed E-state index contributed by atoms with van der Waals surface area (Å²) in [6, 6.07) is 11.6. The van der Waals surface area contributed by atoms with E-state index in [0.717, 1.165) is 30.5 Å². The highest BCUT2D eigenvalue weighted by atomic mass is 16.5. The number of hydrogen-bond donors (Lipinski definition) is 0. The molecule has 0 N–H and O–H groups in total. The molecule has 0 spiro atoms. The minimum atomic E-state index is -0.245. The Hall–Kier alpha value is -3.09. The molecule has 7 heteroatoms. The van der Waals surface area contributed by atoms with Gasteiger partial charge in [-0.05, 0) is 31.7 Å². The summed E-state index contributed by atoms with van der Waals surface area (Å²) in [5.74, 6) is 1.61. The van der Waals surface area contributed by atoms with Crippen LogP contribution in [0, 0.1) is 12.8 Å². The van der Waals surface area contributed by atoms with E-state index in [-0.39, 0.29) is 11.3 Å². The second-order valence-corrected chi connectivity index (χ2v) is 7.81. The first-order valence-corrected chi connectivity index (χ1v) is 9.64. The summed E-state index contributed by atoms with van der Waals surface area (Å²) in [7, 11) is 0. The normalized spacial score (nSPS) is 23.8. The third-order valence-corrected chi connectivity index (χ3v) is 6.07. The molecule has 3 heterocycles. The van der Waals surface area contributed by atoms with Crippen LogP contribution in [0.5, 0.6) is 0 Å². The van der Waals surface area contributed by atoms with Crippen LogP contribution in [-0.2, 0) is 5.41 Å². The van der Waals surface area contributed by atoms with Gasteiger partial charge in [0.15, 0.2) is 0 Å². The molecule has 2 aliphatic rings. The van der Waals surface area contributed by atoms with E-state index in [1.807, 2.05) is 42.2 Å². The van der Waals surface area contributed by atoms with Crippen molar-refractivity contribution >= 4 is 5.91 Å². The van der Waals surface area contributed by atoms with Crippen molar-refractivity contribution in [2.45, 2.75) is 31.6 Å². The molecule has 1 aromatic carbocycles. The maximum atomic E-state index is 13.0. The number of amides is 1. The van der Waals surface area contributed by atoms with Gasteiger partial charge in [0.2, 0.25) is 11.7 Å². The first kappa shape index (κ1) is 17.0. The molecule has 2 atom stereocenters. The molecular formula is C21H21N5O2. The molecule has 2 aromatic heterocycles.